The number of hydrogen-bond acceptors (Lipinski definition) is 5. The van der Waals surface area contributed by atoms with Crippen molar-refractivity contribution in [3.05, 3.63) is 24.3 Å². The molecule has 0 radical (unpaired) electrons. The number of esters is 1. The molecule has 6 heteroatoms. The highest BCUT2D eigenvalue weighted by Gasteiger charge is 2.18. The monoisotopic (exact) mass is 1150 g/mol. The lowest BCUT2D eigenvalue weighted by molar-refractivity contribution is -0.143. The maximum absolute atomic E-state index is 12.4. The Morgan fingerprint density at radius 1 is 0.329 bits per heavy atom. The lowest BCUT2D eigenvalue weighted by Crippen LogP contribution is -2.45. The molecule has 2 atom stereocenters. The zero-order chi connectivity index (χ0) is 59.2. The average Bonchev–Trinajstić information content (AvgIpc) is 3.48. The highest BCUT2D eigenvalue weighted by atomic mass is 16.5. The molecule has 3 N–H and O–H groups in total. The maximum atomic E-state index is 12.4. The normalized spacial score (nSPS) is 12.6. The Labute approximate surface area is 513 Å². The molecule has 0 saturated carbocycles. The number of rotatable bonds is 71. The summed E-state index contributed by atoms with van der Waals surface area (Å²) >= 11 is 0. The summed E-state index contributed by atoms with van der Waals surface area (Å²) in [6.45, 7) is 4.92. The molecule has 0 bridgehead atoms. The first-order valence-corrected chi connectivity index (χ1v) is 37.6. The Morgan fingerprint density at radius 2 is 0.573 bits per heavy atom. The molecule has 0 aliphatic rings. The quantitative estimate of drug-likeness (QED) is 0.0320. The largest absolute Gasteiger partial charge is 0.466 e. The number of unbranched alkanes of at least 4 members (excludes halogenated alkanes) is 58. The molecule has 0 rings (SSSR count). The summed E-state index contributed by atoms with van der Waals surface area (Å²) in [7, 11) is 0. The molecule has 0 aromatic heterocycles. The summed E-state index contributed by atoms with van der Waals surface area (Å²) in [5.41, 5.74) is 0. The number of carbonyl (C=O) groups is 2. The van der Waals surface area contributed by atoms with Gasteiger partial charge in [-0.1, -0.05) is 378 Å². The van der Waals surface area contributed by atoms with Gasteiger partial charge < -0.3 is 20.3 Å². The number of carbonyl (C=O) groups excluding carboxylic acids is 2. The molecule has 0 spiro atoms. The third-order valence-corrected chi connectivity index (χ3v) is 17.7. The summed E-state index contributed by atoms with van der Waals surface area (Å²) in [5, 5.41) is 23.1. The van der Waals surface area contributed by atoms with Gasteiger partial charge in [0, 0.05) is 12.8 Å². The molecule has 486 valence electrons. The van der Waals surface area contributed by atoms with E-state index in [1.54, 1.807) is 6.08 Å². The van der Waals surface area contributed by atoms with Gasteiger partial charge in [0.15, 0.2) is 0 Å². The van der Waals surface area contributed by atoms with Crippen LogP contribution in [-0.2, 0) is 14.3 Å². The van der Waals surface area contributed by atoms with E-state index in [-0.39, 0.29) is 18.5 Å². The zero-order valence-corrected chi connectivity index (χ0v) is 55.8. The van der Waals surface area contributed by atoms with Crippen LogP contribution in [-0.4, -0.2) is 47.4 Å². The Bertz CT molecular complexity index is 1280. The highest BCUT2D eigenvalue weighted by molar-refractivity contribution is 5.76. The van der Waals surface area contributed by atoms with Gasteiger partial charge in [0.05, 0.1) is 25.4 Å². The molecule has 82 heavy (non-hydrogen) atoms. The smallest absolute Gasteiger partial charge is 0.305 e. The van der Waals surface area contributed by atoms with Gasteiger partial charge in [-0.25, -0.2) is 0 Å². The van der Waals surface area contributed by atoms with Gasteiger partial charge in [-0.05, 0) is 57.8 Å². The summed E-state index contributed by atoms with van der Waals surface area (Å²) in [6, 6.07) is -0.621. The van der Waals surface area contributed by atoms with Crippen LogP contribution in [0.3, 0.4) is 0 Å². The first-order chi connectivity index (χ1) is 40.5. The molecular formula is C76H147NO5. The van der Waals surface area contributed by atoms with Gasteiger partial charge >= 0.3 is 5.97 Å². The first kappa shape index (κ1) is 80.3. The van der Waals surface area contributed by atoms with Gasteiger partial charge in [0.1, 0.15) is 0 Å². The number of aliphatic hydroxyl groups excluding tert-OH is 2. The van der Waals surface area contributed by atoms with E-state index in [1.807, 2.05) is 6.08 Å². The molecule has 0 aromatic rings. The number of hydrogen-bond donors (Lipinski definition) is 3. The van der Waals surface area contributed by atoms with E-state index >= 15 is 0 Å². The second-order valence-electron chi connectivity index (χ2n) is 26.0. The number of nitrogens with one attached hydrogen (secondary N) is 1. The minimum Gasteiger partial charge on any atom is -0.466 e. The predicted octanol–water partition coefficient (Wildman–Crippen LogP) is 24.5. The van der Waals surface area contributed by atoms with Crippen molar-refractivity contribution in [2.45, 2.75) is 437 Å². The number of amides is 1. The molecule has 0 saturated heterocycles. The van der Waals surface area contributed by atoms with Crippen LogP contribution in [0.25, 0.3) is 0 Å². The van der Waals surface area contributed by atoms with Gasteiger partial charge in [0.2, 0.25) is 5.91 Å². The van der Waals surface area contributed by atoms with E-state index in [9.17, 15) is 19.8 Å². The fourth-order valence-corrected chi connectivity index (χ4v) is 12.0. The van der Waals surface area contributed by atoms with Crippen LogP contribution in [0.15, 0.2) is 24.3 Å². The molecule has 0 fully saturated rings. The van der Waals surface area contributed by atoms with Crippen LogP contribution in [0.4, 0.5) is 0 Å². The molecule has 2 unspecified atom stereocenters. The molecule has 0 aromatic carbocycles. The molecule has 0 aliphatic carbocycles. The molecule has 1 amide bonds. The van der Waals surface area contributed by atoms with E-state index in [4.69, 9.17) is 4.74 Å². The van der Waals surface area contributed by atoms with Crippen LogP contribution in [0, 0.1) is 0 Å². The lowest BCUT2D eigenvalue weighted by atomic mass is 10.0. The molecule has 0 heterocycles. The minimum atomic E-state index is -0.838. The number of aliphatic hydroxyl groups is 2. The van der Waals surface area contributed by atoms with Gasteiger partial charge in [0.25, 0.3) is 0 Å². The van der Waals surface area contributed by atoms with Crippen LogP contribution in [0.1, 0.15) is 425 Å². The summed E-state index contributed by atoms with van der Waals surface area (Å²) in [5.74, 6) is -0.0410. The third kappa shape index (κ3) is 67.5. The van der Waals surface area contributed by atoms with Crippen molar-refractivity contribution < 1.29 is 24.5 Å². The van der Waals surface area contributed by atoms with Crippen LogP contribution < -0.4 is 5.32 Å². The predicted molar refractivity (Wildman–Crippen MR) is 361 cm³/mol. The van der Waals surface area contributed by atoms with Crippen molar-refractivity contribution in [1.82, 2.24) is 5.32 Å². The summed E-state index contributed by atoms with van der Waals surface area (Å²) < 4.78 is 5.51. The van der Waals surface area contributed by atoms with E-state index in [2.05, 4.69) is 31.3 Å². The highest BCUT2D eigenvalue weighted by Crippen LogP contribution is 2.19. The summed E-state index contributed by atoms with van der Waals surface area (Å²) in [4.78, 5) is 24.5. The van der Waals surface area contributed by atoms with Crippen molar-refractivity contribution in [2.75, 3.05) is 13.2 Å². The first-order valence-electron chi connectivity index (χ1n) is 37.6. The van der Waals surface area contributed by atoms with Crippen molar-refractivity contribution in [3.8, 4) is 0 Å². The molecule has 0 aliphatic heterocycles. The second-order valence-corrected chi connectivity index (χ2v) is 26.0. The standard InChI is InChI=1S/C76H147NO5/c1-3-5-7-9-11-13-15-16-17-39-43-46-50-54-58-62-66-70-76(81)82-71-67-63-59-55-51-47-44-41-38-36-34-32-30-28-26-24-22-20-18-19-21-23-25-27-29-31-33-35-37-40-42-45-49-53-57-61-65-69-75(80)77-73(72-78)74(79)68-64-60-56-52-48-14-12-10-8-6-4-2/h16-17,64,68,73-74,78-79H,3-15,18-63,65-67,69-72H2,1-2H3,(H,77,80)/b17-16-,68-64+. The zero-order valence-electron chi connectivity index (χ0n) is 55.8. The van der Waals surface area contributed by atoms with Crippen molar-refractivity contribution >= 4 is 11.9 Å². The third-order valence-electron chi connectivity index (χ3n) is 17.7. The van der Waals surface area contributed by atoms with E-state index < -0.39 is 12.1 Å². The molecule has 6 nitrogen and oxygen atoms in total. The van der Waals surface area contributed by atoms with E-state index in [1.165, 1.54) is 360 Å². The van der Waals surface area contributed by atoms with Crippen molar-refractivity contribution in [2.24, 2.45) is 0 Å². The molecular weight excluding hydrogens is 1010 g/mol. The SMILES string of the molecule is CCCCCCCC/C=C\CCCCCCCCCC(=O)OCCCCCCCCCCCCCCCCCCCCCCCCCCCCCCCCCCCCCCCC(=O)NC(CO)C(O)/C=C/CCCCCCCCCCC. The topological polar surface area (TPSA) is 95.9 Å². The van der Waals surface area contributed by atoms with E-state index in [0.29, 0.717) is 19.4 Å². The Hall–Kier alpha value is -1.66. The Morgan fingerprint density at radius 3 is 0.866 bits per heavy atom. The number of allylic oxidation sites excluding steroid dienone is 3. The second kappa shape index (κ2) is 71.8. The lowest BCUT2D eigenvalue weighted by Gasteiger charge is -2.20. The van der Waals surface area contributed by atoms with Gasteiger partial charge in [-0.3, -0.25) is 9.59 Å². The van der Waals surface area contributed by atoms with Crippen molar-refractivity contribution in [3.63, 3.8) is 0 Å². The fraction of sp³-hybridized carbons (Fsp3) is 0.921. The fourth-order valence-electron chi connectivity index (χ4n) is 12.0. The maximum Gasteiger partial charge on any atom is 0.305 e. The van der Waals surface area contributed by atoms with Crippen LogP contribution in [0.5, 0.6) is 0 Å². The van der Waals surface area contributed by atoms with Crippen molar-refractivity contribution in [1.29, 1.82) is 0 Å². The van der Waals surface area contributed by atoms with Gasteiger partial charge in [-0.15, -0.1) is 0 Å². The average molecular weight is 1160 g/mol. The van der Waals surface area contributed by atoms with Gasteiger partial charge in [-0.2, -0.15) is 0 Å². The van der Waals surface area contributed by atoms with Crippen LogP contribution >= 0.6 is 0 Å². The Kier molecular flexibility index (Phi) is 70.4. The van der Waals surface area contributed by atoms with Crippen LogP contribution in [0.2, 0.25) is 0 Å². The summed E-state index contributed by atoms with van der Waals surface area (Å²) in [6.07, 6.45) is 91.6. The Balaban J connectivity index is 3.28. The van der Waals surface area contributed by atoms with E-state index in [0.717, 1.165) is 38.5 Å². The number of ether oxygens (including phenoxy) is 1. The minimum absolute atomic E-state index is 0.0205.